The second kappa shape index (κ2) is 6.38. The Kier molecular flexibility index (Phi) is 4.04. The Morgan fingerprint density at radius 3 is 2.57 bits per heavy atom. The van der Waals surface area contributed by atoms with Crippen molar-refractivity contribution in [2.75, 3.05) is 19.3 Å². The number of sulfonamides is 1. The molecule has 30 heavy (non-hydrogen) atoms. The lowest BCUT2D eigenvalue weighted by atomic mass is 10.0. The van der Waals surface area contributed by atoms with Gasteiger partial charge in [0.05, 0.1) is 24.5 Å². The predicted molar refractivity (Wildman–Crippen MR) is 109 cm³/mol. The van der Waals surface area contributed by atoms with Gasteiger partial charge in [0.1, 0.15) is 5.82 Å². The van der Waals surface area contributed by atoms with Crippen molar-refractivity contribution in [3.05, 3.63) is 27.4 Å². The Morgan fingerprint density at radius 1 is 1.13 bits per heavy atom. The van der Waals surface area contributed by atoms with Crippen molar-refractivity contribution >= 4 is 15.9 Å². The van der Waals surface area contributed by atoms with Crippen LogP contribution in [-0.4, -0.2) is 52.8 Å². The largest absolute Gasteiger partial charge is 0.332 e. The number of likely N-dealkylation sites (tertiary alicyclic amines) is 1. The number of hydrogen-bond acceptors (Lipinski definition) is 5. The topological polar surface area (TPSA) is 103 Å². The molecular formula is C21H28N4O4S. The van der Waals surface area contributed by atoms with E-state index in [0.717, 1.165) is 24.7 Å². The van der Waals surface area contributed by atoms with Crippen LogP contribution in [-0.2, 0) is 27.8 Å². The number of hydrogen-bond donors (Lipinski definition) is 1. The number of nitrogens with zero attached hydrogens (tertiary/aromatic N) is 3. The van der Waals surface area contributed by atoms with Crippen LogP contribution in [0.15, 0.2) is 4.79 Å². The van der Waals surface area contributed by atoms with E-state index in [9.17, 15) is 18.0 Å². The molecule has 1 amide bonds. The van der Waals surface area contributed by atoms with E-state index in [0.29, 0.717) is 48.4 Å². The number of H-pyrrole nitrogens is 1. The van der Waals surface area contributed by atoms with Gasteiger partial charge in [-0.05, 0) is 62.2 Å². The summed E-state index contributed by atoms with van der Waals surface area (Å²) < 4.78 is 25.3. The zero-order chi connectivity index (χ0) is 20.8. The molecule has 3 saturated carbocycles. The van der Waals surface area contributed by atoms with Gasteiger partial charge in [0, 0.05) is 24.6 Å². The molecule has 1 saturated heterocycles. The molecule has 5 aliphatic rings. The van der Waals surface area contributed by atoms with Gasteiger partial charge in [-0.1, -0.05) is 0 Å². The summed E-state index contributed by atoms with van der Waals surface area (Å²) in [6.07, 6.45) is 7.14. The van der Waals surface area contributed by atoms with E-state index in [1.807, 2.05) is 4.90 Å². The summed E-state index contributed by atoms with van der Waals surface area (Å²) >= 11 is 0. The molecule has 1 aromatic heterocycles. The molecule has 6 atom stereocenters. The number of amides is 1. The van der Waals surface area contributed by atoms with Crippen LogP contribution in [0.2, 0.25) is 0 Å². The van der Waals surface area contributed by atoms with Crippen LogP contribution in [0.5, 0.6) is 0 Å². The van der Waals surface area contributed by atoms with Gasteiger partial charge in [-0.3, -0.25) is 9.59 Å². The minimum atomic E-state index is -3.34. The first-order chi connectivity index (χ1) is 14.3. The summed E-state index contributed by atoms with van der Waals surface area (Å²) in [5, 5.41) is 0. The van der Waals surface area contributed by atoms with E-state index >= 15 is 0 Å². The zero-order valence-electron chi connectivity index (χ0n) is 17.2. The number of aromatic nitrogens is 2. The summed E-state index contributed by atoms with van der Waals surface area (Å²) in [6.45, 7) is 1.14. The lowest BCUT2D eigenvalue weighted by molar-refractivity contribution is -0.134. The predicted octanol–water partition coefficient (Wildman–Crippen LogP) is 1.04. The molecule has 6 rings (SSSR count). The number of nitrogens with one attached hydrogen (secondary N) is 1. The van der Waals surface area contributed by atoms with Gasteiger partial charge < -0.3 is 9.88 Å². The van der Waals surface area contributed by atoms with Gasteiger partial charge in [0.15, 0.2) is 0 Å². The molecule has 0 aromatic carbocycles. The van der Waals surface area contributed by atoms with Gasteiger partial charge in [-0.2, -0.15) is 4.31 Å². The molecule has 8 nitrogen and oxygen atoms in total. The van der Waals surface area contributed by atoms with Crippen molar-refractivity contribution in [2.24, 2.45) is 29.6 Å². The fraction of sp³-hybridized carbons (Fsp3) is 0.762. The van der Waals surface area contributed by atoms with Gasteiger partial charge in [-0.15, -0.1) is 0 Å². The van der Waals surface area contributed by atoms with Crippen LogP contribution in [0.4, 0.5) is 0 Å². The fourth-order valence-electron chi connectivity index (χ4n) is 7.04. The van der Waals surface area contributed by atoms with E-state index in [2.05, 4.69) is 4.98 Å². The molecule has 3 heterocycles. The molecule has 0 radical (unpaired) electrons. The van der Waals surface area contributed by atoms with E-state index in [1.165, 1.54) is 29.8 Å². The molecule has 162 valence electrons. The molecule has 2 aliphatic heterocycles. The number of carbonyl (C=O) groups is 1. The van der Waals surface area contributed by atoms with Crippen molar-refractivity contribution in [1.29, 1.82) is 0 Å². The van der Waals surface area contributed by atoms with Crippen molar-refractivity contribution in [1.82, 2.24) is 19.2 Å². The minimum Gasteiger partial charge on any atom is -0.332 e. The van der Waals surface area contributed by atoms with Crippen LogP contribution in [0, 0.1) is 29.6 Å². The fourth-order valence-corrected chi connectivity index (χ4v) is 7.82. The van der Waals surface area contributed by atoms with Crippen molar-refractivity contribution < 1.29 is 13.2 Å². The van der Waals surface area contributed by atoms with E-state index < -0.39 is 10.0 Å². The molecule has 1 aromatic rings. The quantitative estimate of drug-likeness (QED) is 0.769. The third-order valence-corrected chi connectivity index (χ3v) is 9.65. The second-order valence-electron chi connectivity index (χ2n) is 9.93. The van der Waals surface area contributed by atoms with Crippen LogP contribution in [0.25, 0.3) is 0 Å². The van der Waals surface area contributed by atoms with Gasteiger partial charge in [0.25, 0.3) is 5.56 Å². The highest BCUT2D eigenvalue weighted by molar-refractivity contribution is 7.88. The lowest BCUT2D eigenvalue weighted by Gasteiger charge is -2.28. The van der Waals surface area contributed by atoms with Gasteiger partial charge in [-0.25, -0.2) is 13.4 Å². The van der Waals surface area contributed by atoms with Gasteiger partial charge >= 0.3 is 0 Å². The van der Waals surface area contributed by atoms with Crippen LogP contribution < -0.4 is 5.56 Å². The third-order valence-electron chi connectivity index (χ3n) is 8.40. The highest BCUT2D eigenvalue weighted by atomic mass is 32.2. The third kappa shape index (κ3) is 2.74. The smallest absolute Gasteiger partial charge is 0.254 e. The Balaban J connectivity index is 1.27. The summed E-state index contributed by atoms with van der Waals surface area (Å²) in [6, 6.07) is -0.205. The van der Waals surface area contributed by atoms with Gasteiger partial charge in [0.2, 0.25) is 15.9 Å². The molecule has 3 aliphatic carbocycles. The normalized spacial score (nSPS) is 37.3. The molecule has 2 bridgehead atoms. The summed E-state index contributed by atoms with van der Waals surface area (Å²) in [5.41, 5.74) is 0.915. The lowest BCUT2D eigenvalue weighted by Crippen LogP contribution is -2.40. The molecule has 1 unspecified atom stereocenters. The van der Waals surface area contributed by atoms with Crippen LogP contribution >= 0.6 is 0 Å². The van der Waals surface area contributed by atoms with E-state index in [4.69, 9.17) is 4.98 Å². The summed E-state index contributed by atoms with van der Waals surface area (Å²) in [5.74, 6) is 3.64. The highest BCUT2D eigenvalue weighted by Gasteiger charge is 2.68. The Bertz CT molecular complexity index is 1070. The van der Waals surface area contributed by atoms with Crippen molar-refractivity contribution in [2.45, 2.75) is 51.1 Å². The number of aromatic amines is 1. The highest BCUT2D eigenvalue weighted by Crippen LogP contribution is 2.70. The average Bonchev–Trinajstić information content (AvgIpc) is 3.07. The number of fused-ring (bicyclic) bond motifs is 6. The molecule has 4 fully saturated rings. The zero-order valence-corrected chi connectivity index (χ0v) is 18.0. The maximum Gasteiger partial charge on any atom is 0.254 e. The van der Waals surface area contributed by atoms with Crippen molar-refractivity contribution in [3.8, 4) is 0 Å². The standard InChI is InChI=1S/C21H28N4O4S/c1-30(28,29)24-8-6-13-14(10-24)22-19(23-20(13)26)15-3-2-7-25(15)21(27)18-16-11-4-5-12(9-11)17(16)18/h11-12,15-18H,2-10H2,1H3,(H,22,23,26)/t11-,12-,15-,16-,17+,18?/m0/s1. The number of rotatable bonds is 3. The first-order valence-electron chi connectivity index (χ1n) is 11.2. The van der Waals surface area contributed by atoms with Crippen LogP contribution in [0.3, 0.4) is 0 Å². The monoisotopic (exact) mass is 432 g/mol. The molecular weight excluding hydrogens is 404 g/mol. The second-order valence-corrected chi connectivity index (χ2v) is 11.9. The number of carbonyl (C=O) groups excluding carboxylic acids is 1. The Hall–Kier alpha value is -1.74. The summed E-state index contributed by atoms with van der Waals surface area (Å²) in [7, 11) is -3.34. The first kappa shape index (κ1) is 19.0. The average molecular weight is 433 g/mol. The van der Waals surface area contributed by atoms with Crippen LogP contribution in [0.1, 0.15) is 55.2 Å². The Labute approximate surface area is 176 Å². The van der Waals surface area contributed by atoms with E-state index in [-0.39, 0.29) is 30.0 Å². The van der Waals surface area contributed by atoms with E-state index in [1.54, 1.807) is 0 Å². The molecule has 1 N–H and O–H groups in total. The molecule has 0 spiro atoms. The maximum atomic E-state index is 13.4. The molecule has 9 heteroatoms. The SMILES string of the molecule is CS(=O)(=O)N1CCc2c(nc([C@@H]3CCCN3C(=O)C3[C@@H]4[C@H]5CC[C@@H](C5)[C@H]34)[nH]c2=O)C1. The van der Waals surface area contributed by atoms with Crippen molar-refractivity contribution in [3.63, 3.8) is 0 Å². The summed E-state index contributed by atoms with van der Waals surface area (Å²) in [4.78, 5) is 35.7. The minimum absolute atomic E-state index is 0.127. The maximum absolute atomic E-state index is 13.4. The first-order valence-corrected chi connectivity index (χ1v) is 13.1. The Morgan fingerprint density at radius 2 is 1.87 bits per heavy atom.